The number of β-amino-alcohol motifs (C(OH)–C–C–N with tert-alkyl or cyclic N) is 2. The molecule has 6 heteroatoms. The number of aliphatic hydroxyl groups excluding tert-OH is 3. The first-order chi connectivity index (χ1) is 13.7. The Morgan fingerprint density at radius 3 is 1.79 bits per heavy atom. The summed E-state index contributed by atoms with van der Waals surface area (Å²) in [7, 11) is 0. The highest BCUT2D eigenvalue weighted by Crippen LogP contribution is 2.47. The minimum Gasteiger partial charge on any atom is -0.393 e. The molecular formula is C23H42N2O4. The fourth-order valence-corrected chi connectivity index (χ4v) is 4.48. The zero-order valence-corrected chi connectivity index (χ0v) is 18.5. The molecule has 3 N–H and O–H groups in total. The minimum atomic E-state index is -0.281. The summed E-state index contributed by atoms with van der Waals surface area (Å²) in [4.78, 5) is 15.9. The number of carbonyl (C=O) groups excluding carboxylic acids is 1. The smallest absolute Gasteiger partial charge is 0.228 e. The first-order valence-corrected chi connectivity index (χ1v) is 11.8. The number of hydrogen-bond acceptors (Lipinski definition) is 5. The summed E-state index contributed by atoms with van der Waals surface area (Å²) in [6, 6.07) is 0. The summed E-state index contributed by atoms with van der Waals surface area (Å²) in [5, 5.41) is 27.2. The number of aliphatic hydroxyl groups is 3. The van der Waals surface area contributed by atoms with Gasteiger partial charge in [-0.3, -0.25) is 4.79 Å². The van der Waals surface area contributed by atoms with Crippen LogP contribution in [-0.2, 0) is 4.79 Å². The Balaban J connectivity index is 0.000000131. The highest BCUT2D eigenvalue weighted by atomic mass is 16.3. The predicted molar refractivity (Wildman–Crippen MR) is 113 cm³/mol. The van der Waals surface area contributed by atoms with E-state index in [1.54, 1.807) is 4.90 Å². The van der Waals surface area contributed by atoms with Gasteiger partial charge in [0, 0.05) is 38.1 Å². The molecule has 0 bridgehead atoms. The van der Waals surface area contributed by atoms with Crippen molar-refractivity contribution in [3.63, 3.8) is 0 Å². The van der Waals surface area contributed by atoms with Crippen LogP contribution in [0.2, 0.25) is 0 Å². The number of carbonyl (C=O) groups is 1. The molecule has 2 aliphatic heterocycles. The number of hydrogen-bond donors (Lipinski definition) is 3. The van der Waals surface area contributed by atoms with Gasteiger partial charge in [-0.2, -0.15) is 0 Å². The molecule has 0 unspecified atom stereocenters. The highest BCUT2D eigenvalue weighted by molar-refractivity contribution is 5.85. The molecule has 5 rings (SSSR count). The summed E-state index contributed by atoms with van der Waals surface area (Å²) < 4.78 is 0. The van der Waals surface area contributed by atoms with Crippen molar-refractivity contribution in [3.05, 3.63) is 0 Å². The van der Waals surface area contributed by atoms with Crippen molar-refractivity contribution in [3.8, 4) is 0 Å². The van der Waals surface area contributed by atoms with Crippen molar-refractivity contribution in [1.82, 2.24) is 9.80 Å². The van der Waals surface area contributed by atoms with E-state index in [1.807, 2.05) is 6.92 Å². The average molecular weight is 411 g/mol. The van der Waals surface area contributed by atoms with Gasteiger partial charge in [-0.15, -0.1) is 0 Å². The molecule has 2 saturated heterocycles. The lowest BCUT2D eigenvalue weighted by atomic mass is 10.1. The molecule has 0 aromatic heterocycles. The minimum absolute atomic E-state index is 0.0441. The van der Waals surface area contributed by atoms with Gasteiger partial charge in [-0.25, -0.2) is 0 Å². The maximum absolute atomic E-state index is 11.7. The van der Waals surface area contributed by atoms with Gasteiger partial charge in [-0.05, 0) is 56.8 Å². The summed E-state index contributed by atoms with van der Waals surface area (Å²) in [6.07, 6.45) is 10.8. The summed E-state index contributed by atoms with van der Waals surface area (Å²) in [6.45, 7) is 8.89. The maximum Gasteiger partial charge on any atom is 0.228 e. The molecule has 5 fully saturated rings. The van der Waals surface area contributed by atoms with Gasteiger partial charge >= 0.3 is 0 Å². The van der Waals surface area contributed by atoms with E-state index in [0.29, 0.717) is 12.0 Å². The largest absolute Gasteiger partial charge is 0.393 e. The molecule has 0 radical (unpaired) electrons. The van der Waals surface area contributed by atoms with Crippen LogP contribution < -0.4 is 0 Å². The van der Waals surface area contributed by atoms with E-state index in [0.717, 1.165) is 58.2 Å². The van der Waals surface area contributed by atoms with Gasteiger partial charge in [0.05, 0.1) is 18.3 Å². The van der Waals surface area contributed by atoms with Crippen molar-refractivity contribution >= 4 is 5.91 Å². The third-order valence-corrected chi connectivity index (χ3v) is 7.25. The second kappa shape index (κ2) is 9.63. The molecule has 5 aliphatic rings. The molecule has 3 saturated carbocycles. The lowest BCUT2D eigenvalue weighted by molar-refractivity contribution is -0.135. The lowest BCUT2D eigenvalue weighted by Crippen LogP contribution is -2.34. The highest BCUT2D eigenvalue weighted by Gasteiger charge is 2.48. The van der Waals surface area contributed by atoms with E-state index in [-0.39, 0.29) is 29.6 Å². The maximum atomic E-state index is 11.7. The average Bonchev–Trinajstić information content (AvgIpc) is 3.34. The van der Waals surface area contributed by atoms with Crippen molar-refractivity contribution in [1.29, 1.82) is 0 Å². The van der Waals surface area contributed by atoms with Crippen LogP contribution in [0.25, 0.3) is 0 Å². The summed E-state index contributed by atoms with van der Waals surface area (Å²) >= 11 is 0. The van der Waals surface area contributed by atoms with Crippen LogP contribution in [0.3, 0.4) is 0 Å². The molecule has 2 atom stereocenters. The molecule has 168 valence electrons. The van der Waals surface area contributed by atoms with Crippen molar-refractivity contribution in [2.24, 2.45) is 10.8 Å². The van der Waals surface area contributed by atoms with Gasteiger partial charge in [0.2, 0.25) is 5.91 Å². The standard InChI is InChI=1S/C9H15NO2.C9H17NO.C5H10O/c1-9(3-4-9)8(12)10-5-2-7(11)6-10;1-9(3-4-9)7-10-5-2-8(11)6-10;6-5-3-1-2-4-5/h7,11H,2-6H2,1H3;8,11H,2-7H2,1H3;5-6H,1-4H2/t7-;8-;/m00./s1. The zero-order valence-electron chi connectivity index (χ0n) is 18.5. The van der Waals surface area contributed by atoms with E-state index in [2.05, 4.69) is 11.8 Å². The fourth-order valence-electron chi connectivity index (χ4n) is 4.48. The monoisotopic (exact) mass is 410 g/mol. The van der Waals surface area contributed by atoms with Crippen LogP contribution in [-0.4, -0.2) is 82.1 Å². The Morgan fingerprint density at radius 1 is 0.828 bits per heavy atom. The first kappa shape index (κ1) is 23.0. The second-order valence-corrected chi connectivity index (χ2v) is 10.7. The SMILES string of the molecule is CC1(C(=O)N2CC[C@H](O)C2)CC1.CC1(CN2CC[C@H](O)C2)CC1.OC1CCCC1. The van der Waals surface area contributed by atoms with Crippen LogP contribution in [0.5, 0.6) is 0 Å². The quantitative estimate of drug-likeness (QED) is 0.664. The van der Waals surface area contributed by atoms with Crippen LogP contribution in [0.1, 0.15) is 78.1 Å². The molecular weight excluding hydrogens is 368 g/mol. The fraction of sp³-hybridized carbons (Fsp3) is 0.957. The molecule has 29 heavy (non-hydrogen) atoms. The summed E-state index contributed by atoms with van der Waals surface area (Å²) in [5.41, 5.74) is 0.550. The van der Waals surface area contributed by atoms with E-state index < -0.39 is 0 Å². The number of nitrogens with zero attached hydrogens (tertiary/aromatic N) is 2. The van der Waals surface area contributed by atoms with Gasteiger partial charge in [0.15, 0.2) is 0 Å². The zero-order chi connectivity index (χ0) is 21.1. The first-order valence-electron chi connectivity index (χ1n) is 11.8. The second-order valence-electron chi connectivity index (χ2n) is 10.7. The van der Waals surface area contributed by atoms with Crippen molar-refractivity contribution in [2.45, 2.75) is 96.4 Å². The molecule has 3 aliphatic carbocycles. The number of rotatable bonds is 3. The van der Waals surface area contributed by atoms with Crippen LogP contribution in [0.4, 0.5) is 0 Å². The predicted octanol–water partition coefficient (Wildman–Crippen LogP) is 2.15. The Hall–Kier alpha value is -0.690. The van der Waals surface area contributed by atoms with Crippen molar-refractivity contribution < 1.29 is 20.1 Å². The van der Waals surface area contributed by atoms with Crippen LogP contribution in [0, 0.1) is 10.8 Å². The molecule has 1 amide bonds. The van der Waals surface area contributed by atoms with E-state index in [1.165, 1.54) is 32.2 Å². The summed E-state index contributed by atoms with van der Waals surface area (Å²) in [5.74, 6) is 0.249. The molecule has 0 spiro atoms. The Morgan fingerprint density at radius 2 is 1.41 bits per heavy atom. The lowest BCUT2D eigenvalue weighted by Gasteiger charge is -2.19. The third-order valence-electron chi connectivity index (χ3n) is 7.25. The Bertz CT molecular complexity index is 541. The topological polar surface area (TPSA) is 84.2 Å². The molecule has 0 aromatic rings. The van der Waals surface area contributed by atoms with Crippen LogP contribution in [0.15, 0.2) is 0 Å². The van der Waals surface area contributed by atoms with Gasteiger partial charge in [0.1, 0.15) is 0 Å². The third kappa shape index (κ3) is 7.20. The molecule has 6 nitrogen and oxygen atoms in total. The normalized spacial score (nSPS) is 32.2. The van der Waals surface area contributed by atoms with E-state index >= 15 is 0 Å². The van der Waals surface area contributed by atoms with Gasteiger partial charge in [0.25, 0.3) is 0 Å². The van der Waals surface area contributed by atoms with Crippen LogP contribution >= 0.6 is 0 Å². The van der Waals surface area contributed by atoms with Gasteiger partial charge < -0.3 is 25.1 Å². The van der Waals surface area contributed by atoms with Crippen molar-refractivity contribution in [2.75, 3.05) is 32.7 Å². The number of amides is 1. The van der Waals surface area contributed by atoms with E-state index in [9.17, 15) is 15.0 Å². The number of likely N-dealkylation sites (tertiary alicyclic amines) is 2. The molecule has 2 heterocycles. The molecule has 0 aromatic carbocycles. The van der Waals surface area contributed by atoms with E-state index in [4.69, 9.17) is 5.11 Å². The van der Waals surface area contributed by atoms with Gasteiger partial charge in [-0.1, -0.05) is 26.7 Å². The Labute approximate surface area is 176 Å². The Kier molecular flexibility index (Phi) is 7.63.